The zero-order chi connectivity index (χ0) is 13.6. The van der Waals surface area contributed by atoms with Crippen LogP contribution in [0.1, 0.15) is 19.3 Å². The van der Waals surface area contributed by atoms with Gasteiger partial charge < -0.3 is 15.7 Å². The highest BCUT2D eigenvalue weighted by Crippen LogP contribution is 2.18. The van der Waals surface area contributed by atoms with Crippen LogP contribution in [0.25, 0.3) is 0 Å². The van der Waals surface area contributed by atoms with Crippen LogP contribution in [0.15, 0.2) is 0 Å². The summed E-state index contributed by atoms with van der Waals surface area (Å²) in [6.45, 7) is 2.43. The van der Waals surface area contributed by atoms with E-state index in [0.29, 0.717) is 12.5 Å². The fourth-order valence-electron chi connectivity index (χ4n) is 2.16. The average molecular weight is 278 g/mol. The number of rotatable bonds is 8. The number of amides is 1. The third-order valence-corrected chi connectivity index (χ3v) is 4.92. The Morgan fingerprint density at radius 2 is 2.11 bits per heavy atom. The van der Waals surface area contributed by atoms with Crippen molar-refractivity contribution in [1.29, 1.82) is 0 Å². The van der Waals surface area contributed by atoms with Crippen molar-refractivity contribution in [2.45, 2.75) is 19.3 Å². The van der Waals surface area contributed by atoms with E-state index < -0.39 is 15.7 Å². The lowest BCUT2D eigenvalue weighted by molar-refractivity contribution is -0.117. The maximum atomic E-state index is 11.6. The quantitative estimate of drug-likeness (QED) is 0.592. The Morgan fingerprint density at radius 3 is 2.72 bits per heavy atom. The summed E-state index contributed by atoms with van der Waals surface area (Å²) in [6.07, 6.45) is 1.70. The Hall–Kier alpha value is -0.660. The van der Waals surface area contributed by atoms with Gasteiger partial charge in [-0.1, -0.05) is 0 Å². The number of aliphatic hydroxyl groups is 1. The molecule has 1 unspecified atom stereocenters. The van der Waals surface area contributed by atoms with E-state index in [4.69, 9.17) is 10.8 Å². The molecule has 0 aromatic heterocycles. The largest absolute Gasteiger partial charge is 0.396 e. The molecule has 0 bridgehead atoms. The van der Waals surface area contributed by atoms with Crippen molar-refractivity contribution in [2.75, 3.05) is 37.7 Å². The molecular weight excluding hydrogens is 256 g/mol. The molecule has 7 heteroatoms. The molecule has 0 spiro atoms. The van der Waals surface area contributed by atoms with E-state index in [1.807, 2.05) is 0 Å². The first-order chi connectivity index (χ1) is 8.43. The molecule has 1 heterocycles. The number of carbonyl (C=O) groups is 1. The van der Waals surface area contributed by atoms with Crippen LogP contribution in [0, 0.1) is 5.92 Å². The van der Waals surface area contributed by atoms with Crippen LogP contribution in [0.5, 0.6) is 0 Å². The molecule has 1 rings (SSSR count). The zero-order valence-electron chi connectivity index (χ0n) is 10.5. The van der Waals surface area contributed by atoms with Gasteiger partial charge in [-0.05, 0) is 25.3 Å². The topological polar surface area (TPSA) is 101 Å². The molecule has 3 N–H and O–H groups in total. The molecule has 0 radical (unpaired) electrons. The summed E-state index contributed by atoms with van der Waals surface area (Å²) in [7, 11) is -3.19. The summed E-state index contributed by atoms with van der Waals surface area (Å²) in [4.78, 5) is 12.6. The highest BCUT2D eigenvalue weighted by atomic mass is 32.2. The van der Waals surface area contributed by atoms with Crippen molar-refractivity contribution in [3.05, 3.63) is 0 Å². The molecule has 106 valence electrons. The smallest absolute Gasteiger partial charge is 0.218 e. The number of likely N-dealkylation sites (tertiary alicyclic amines) is 1. The lowest BCUT2D eigenvalue weighted by Crippen LogP contribution is -2.29. The van der Waals surface area contributed by atoms with Gasteiger partial charge in [-0.15, -0.1) is 0 Å². The van der Waals surface area contributed by atoms with Crippen LogP contribution in [-0.2, 0) is 14.6 Å². The molecule has 1 atom stereocenters. The minimum absolute atomic E-state index is 0.0755. The normalized spacial score (nSPS) is 21.3. The molecule has 0 saturated carbocycles. The predicted molar refractivity (Wildman–Crippen MR) is 68.7 cm³/mol. The fourth-order valence-corrected chi connectivity index (χ4v) is 3.41. The number of nitrogens with two attached hydrogens (primary N) is 1. The van der Waals surface area contributed by atoms with Gasteiger partial charge in [0, 0.05) is 26.1 Å². The van der Waals surface area contributed by atoms with E-state index in [1.54, 1.807) is 0 Å². The SMILES string of the molecule is NC(=O)CCS(=O)(=O)CCN1CCC(CCO)C1. The van der Waals surface area contributed by atoms with Crippen molar-refractivity contribution in [1.82, 2.24) is 4.90 Å². The van der Waals surface area contributed by atoms with E-state index in [2.05, 4.69) is 4.90 Å². The van der Waals surface area contributed by atoms with Crippen molar-refractivity contribution in [3.63, 3.8) is 0 Å². The maximum Gasteiger partial charge on any atom is 0.218 e. The van der Waals surface area contributed by atoms with Gasteiger partial charge in [-0.25, -0.2) is 8.42 Å². The number of hydrogen-bond donors (Lipinski definition) is 2. The Bertz CT molecular complexity index is 369. The lowest BCUT2D eigenvalue weighted by atomic mass is 10.1. The van der Waals surface area contributed by atoms with Crippen LogP contribution < -0.4 is 5.73 Å². The molecule has 1 fully saturated rings. The van der Waals surface area contributed by atoms with Gasteiger partial charge in [0.15, 0.2) is 9.84 Å². The van der Waals surface area contributed by atoms with Crippen molar-refractivity contribution >= 4 is 15.7 Å². The van der Waals surface area contributed by atoms with Gasteiger partial charge in [0.25, 0.3) is 0 Å². The number of aliphatic hydroxyl groups excluding tert-OH is 1. The number of sulfone groups is 1. The van der Waals surface area contributed by atoms with Gasteiger partial charge in [-0.2, -0.15) is 0 Å². The third kappa shape index (κ3) is 5.79. The molecule has 6 nitrogen and oxygen atoms in total. The Kier molecular flexibility index (Phi) is 6.04. The molecule has 0 aliphatic carbocycles. The minimum atomic E-state index is -3.19. The minimum Gasteiger partial charge on any atom is -0.396 e. The van der Waals surface area contributed by atoms with E-state index >= 15 is 0 Å². The standard InChI is InChI=1S/C11H22N2O4S/c12-11(15)3-7-18(16,17)8-5-13-4-1-10(9-13)2-6-14/h10,14H,1-9H2,(H2,12,15). The maximum absolute atomic E-state index is 11.6. The first kappa shape index (κ1) is 15.4. The van der Waals surface area contributed by atoms with E-state index in [9.17, 15) is 13.2 Å². The first-order valence-corrected chi connectivity index (χ1v) is 8.07. The number of nitrogens with zero attached hydrogens (tertiary/aromatic N) is 1. The molecular formula is C11H22N2O4S. The fraction of sp³-hybridized carbons (Fsp3) is 0.909. The predicted octanol–water partition coefficient (Wildman–Crippen LogP) is -1.02. The second-order valence-electron chi connectivity index (χ2n) is 4.84. The van der Waals surface area contributed by atoms with Crippen LogP contribution in [0.3, 0.4) is 0 Å². The van der Waals surface area contributed by atoms with Crippen molar-refractivity contribution in [3.8, 4) is 0 Å². The van der Waals surface area contributed by atoms with Gasteiger partial charge in [0.2, 0.25) is 5.91 Å². The summed E-state index contributed by atoms with van der Waals surface area (Å²) in [5, 5.41) is 8.84. The lowest BCUT2D eigenvalue weighted by Gasteiger charge is -2.15. The molecule has 1 amide bonds. The number of hydrogen-bond acceptors (Lipinski definition) is 5. The van der Waals surface area contributed by atoms with Crippen molar-refractivity contribution in [2.24, 2.45) is 11.7 Å². The van der Waals surface area contributed by atoms with E-state index in [0.717, 1.165) is 25.9 Å². The monoisotopic (exact) mass is 278 g/mol. The highest BCUT2D eigenvalue weighted by molar-refractivity contribution is 7.91. The van der Waals surface area contributed by atoms with E-state index in [1.165, 1.54) is 0 Å². The van der Waals surface area contributed by atoms with Gasteiger partial charge in [0.1, 0.15) is 0 Å². The highest BCUT2D eigenvalue weighted by Gasteiger charge is 2.23. The summed E-state index contributed by atoms with van der Waals surface area (Å²) in [5.74, 6) is -0.186. The Labute approximate surface area is 108 Å². The molecule has 0 aromatic rings. The molecule has 1 aliphatic heterocycles. The molecule has 1 saturated heterocycles. The van der Waals surface area contributed by atoms with Gasteiger partial charge >= 0.3 is 0 Å². The summed E-state index contributed by atoms with van der Waals surface area (Å²) >= 11 is 0. The molecule has 1 aliphatic rings. The summed E-state index contributed by atoms with van der Waals surface area (Å²) < 4.78 is 23.2. The zero-order valence-corrected chi connectivity index (χ0v) is 11.4. The molecule has 18 heavy (non-hydrogen) atoms. The van der Waals surface area contributed by atoms with Gasteiger partial charge in [0.05, 0.1) is 11.5 Å². The van der Waals surface area contributed by atoms with Crippen LogP contribution in [0.2, 0.25) is 0 Å². The number of primary amides is 1. The van der Waals surface area contributed by atoms with Crippen LogP contribution >= 0.6 is 0 Å². The van der Waals surface area contributed by atoms with Gasteiger partial charge in [-0.3, -0.25) is 4.79 Å². The third-order valence-electron chi connectivity index (χ3n) is 3.29. The summed E-state index contributed by atoms with van der Waals surface area (Å²) in [5.41, 5.74) is 4.93. The second kappa shape index (κ2) is 7.06. The van der Waals surface area contributed by atoms with Crippen LogP contribution in [0.4, 0.5) is 0 Å². The Morgan fingerprint density at radius 1 is 1.39 bits per heavy atom. The van der Waals surface area contributed by atoms with Crippen molar-refractivity contribution < 1.29 is 18.3 Å². The summed E-state index contributed by atoms with van der Waals surface area (Å²) in [6, 6.07) is 0. The number of carbonyl (C=O) groups excluding carboxylic acids is 1. The van der Waals surface area contributed by atoms with Crippen LogP contribution in [-0.4, -0.2) is 62.1 Å². The molecule has 0 aromatic carbocycles. The first-order valence-electron chi connectivity index (χ1n) is 6.25. The second-order valence-corrected chi connectivity index (χ2v) is 7.14. The average Bonchev–Trinajstić information content (AvgIpc) is 2.73. The Balaban J connectivity index is 2.26. The van der Waals surface area contributed by atoms with E-state index in [-0.39, 0.29) is 24.5 Å².